The van der Waals surface area contributed by atoms with E-state index in [4.69, 9.17) is 9.47 Å². The molecule has 1 aromatic heterocycles. The zero-order chi connectivity index (χ0) is 20.6. The fraction of sp³-hybridized carbons (Fsp3) is 0.478. The molecule has 1 N–H and O–H groups in total. The molecule has 29 heavy (non-hydrogen) atoms. The van der Waals surface area contributed by atoms with Crippen molar-refractivity contribution in [1.29, 1.82) is 0 Å². The van der Waals surface area contributed by atoms with Crippen LogP contribution in [0, 0.1) is 13.8 Å². The Morgan fingerprint density at radius 1 is 1.17 bits per heavy atom. The molecule has 1 aromatic carbocycles. The van der Waals surface area contributed by atoms with Gasteiger partial charge >= 0.3 is 5.97 Å². The van der Waals surface area contributed by atoms with Crippen LogP contribution >= 0.6 is 0 Å². The van der Waals surface area contributed by atoms with Crippen molar-refractivity contribution in [2.75, 3.05) is 13.7 Å². The third-order valence-electron chi connectivity index (χ3n) is 5.16. The van der Waals surface area contributed by atoms with Gasteiger partial charge in [0.15, 0.2) is 6.61 Å². The van der Waals surface area contributed by atoms with Crippen molar-refractivity contribution >= 4 is 5.97 Å². The van der Waals surface area contributed by atoms with E-state index in [0.29, 0.717) is 12.6 Å². The molecule has 1 aliphatic rings. The third-order valence-corrected chi connectivity index (χ3v) is 5.16. The number of benzene rings is 1. The molecule has 156 valence electrons. The molecule has 1 aliphatic carbocycles. The summed E-state index contributed by atoms with van der Waals surface area (Å²) in [5.41, 5.74) is 4.23. The molecule has 6 heteroatoms. The Bertz CT molecular complexity index is 808. The van der Waals surface area contributed by atoms with Gasteiger partial charge < -0.3 is 19.5 Å². The number of nitrogens with zero attached hydrogens (tertiary/aromatic N) is 1. The Kier molecular flexibility index (Phi) is 7.47. The lowest BCUT2D eigenvalue weighted by atomic mass is 10.1. The molecule has 3 rings (SSSR count). The van der Waals surface area contributed by atoms with Crippen LogP contribution < -0.4 is 14.8 Å². The summed E-state index contributed by atoms with van der Waals surface area (Å²) < 4.78 is 16.4. The number of ether oxygens (including phenoxy) is 3. The van der Waals surface area contributed by atoms with Crippen molar-refractivity contribution in [2.45, 2.75) is 58.7 Å². The van der Waals surface area contributed by atoms with Crippen molar-refractivity contribution in [2.24, 2.45) is 0 Å². The number of hydrogen-bond acceptors (Lipinski definition) is 6. The first kappa shape index (κ1) is 21.1. The summed E-state index contributed by atoms with van der Waals surface area (Å²) in [5, 5.41) is 3.48. The maximum absolute atomic E-state index is 11.3. The van der Waals surface area contributed by atoms with E-state index in [9.17, 15) is 4.79 Å². The number of carbonyl (C=O) groups is 1. The molecule has 0 atom stereocenters. The fourth-order valence-electron chi connectivity index (χ4n) is 3.73. The van der Waals surface area contributed by atoms with E-state index in [0.717, 1.165) is 53.3 Å². The van der Waals surface area contributed by atoms with Crippen LogP contribution in [0.5, 0.6) is 11.6 Å². The van der Waals surface area contributed by atoms with Gasteiger partial charge in [0, 0.05) is 24.8 Å². The summed E-state index contributed by atoms with van der Waals surface area (Å²) in [7, 11) is 1.35. The molecule has 0 aliphatic heterocycles. The Morgan fingerprint density at radius 2 is 1.90 bits per heavy atom. The molecule has 0 amide bonds. The average molecular weight is 399 g/mol. The number of esters is 1. The Balaban J connectivity index is 1.57. The number of nitrogens with one attached hydrogen (secondary N) is 1. The summed E-state index contributed by atoms with van der Waals surface area (Å²) in [6, 6.07) is 8.16. The smallest absolute Gasteiger partial charge is 0.343 e. The molecular formula is C23H30N2O4. The molecule has 0 spiro atoms. The quantitative estimate of drug-likeness (QED) is 0.647. The number of hydrogen-bond donors (Lipinski definition) is 1. The lowest BCUT2D eigenvalue weighted by molar-refractivity contribution is -0.142. The monoisotopic (exact) mass is 398 g/mol. The topological polar surface area (TPSA) is 69.7 Å². The maximum Gasteiger partial charge on any atom is 0.343 e. The van der Waals surface area contributed by atoms with Gasteiger partial charge in [-0.2, -0.15) is 0 Å². The van der Waals surface area contributed by atoms with Crippen LogP contribution in [-0.2, 0) is 22.6 Å². The van der Waals surface area contributed by atoms with Crippen LogP contribution in [0.3, 0.4) is 0 Å². The van der Waals surface area contributed by atoms with Gasteiger partial charge in [0.05, 0.1) is 7.11 Å². The predicted octanol–water partition coefficient (Wildman–Crippen LogP) is 3.86. The number of carbonyl (C=O) groups excluding carboxylic acids is 1. The molecule has 1 heterocycles. The van der Waals surface area contributed by atoms with Crippen molar-refractivity contribution in [3.05, 3.63) is 52.7 Å². The highest BCUT2D eigenvalue weighted by molar-refractivity contribution is 5.71. The number of methoxy groups -OCH3 is 1. The van der Waals surface area contributed by atoms with Crippen molar-refractivity contribution in [3.8, 4) is 11.6 Å². The van der Waals surface area contributed by atoms with E-state index in [-0.39, 0.29) is 12.6 Å². The van der Waals surface area contributed by atoms with Crippen molar-refractivity contribution in [1.82, 2.24) is 10.3 Å². The van der Waals surface area contributed by atoms with E-state index in [1.165, 1.54) is 20.0 Å². The number of pyridine rings is 1. The highest BCUT2D eigenvalue weighted by Crippen LogP contribution is 2.26. The second-order valence-corrected chi connectivity index (χ2v) is 7.52. The first-order valence-corrected chi connectivity index (χ1v) is 10.2. The van der Waals surface area contributed by atoms with E-state index in [2.05, 4.69) is 33.2 Å². The first-order chi connectivity index (χ1) is 14.1. The van der Waals surface area contributed by atoms with E-state index in [1.807, 2.05) is 19.9 Å². The van der Waals surface area contributed by atoms with Gasteiger partial charge in [-0.25, -0.2) is 9.78 Å². The normalized spacial score (nSPS) is 14.0. The second-order valence-electron chi connectivity index (χ2n) is 7.52. The number of rotatable bonds is 9. The first-order valence-electron chi connectivity index (χ1n) is 10.2. The largest absolute Gasteiger partial charge is 0.481 e. The minimum absolute atomic E-state index is 0.0828. The summed E-state index contributed by atoms with van der Waals surface area (Å²) >= 11 is 0. The highest BCUT2D eigenvalue weighted by atomic mass is 16.6. The van der Waals surface area contributed by atoms with E-state index < -0.39 is 0 Å². The third kappa shape index (κ3) is 5.94. The molecular weight excluding hydrogens is 368 g/mol. The second kappa shape index (κ2) is 10.3. The minimum Gasteiger partial charge on any atom is -0.481 e. The molecule has 2 aromatic rings. The fourth-order valence-corrected chi connectivity index (χ4v) is 3.73. The van der Waals surface area contributed by atoms with Gasteiger partial charge in [-0.3, -0.25) is 0 Å². The van der Waals surface area contributed by atoms with E-state index >= 15 is 0 Å². The predicted molar refractivity (Wildman–Crippen MR) is 111 cm³/mol. The molecule has 0 saturated heterocycles. The Hall–Kier alpha value is -2.60. The molecule has 6 nitrogen and oxygen atoms in total. The van der Waals surface area contributed by atoms with Gasteiger partial charge in [-0.15, -0.1) is 0 Å². The summed E-state index contributed by atoms with van der Waals surface area (Å²) in [4.78, 5) is 15.7. The van der Waals surface area contributed by atoms with Gasteiger partial charge in [-0.1, -0.05) is 18.2 Å². The average Bonchev–Trinajstić information content (AvgIpc) is 3.21. The van der Waals surface area contributed by atoms with Gasteiger partial charge in [0.2, 0.25) is 5.88 Å². The zero-order valence-electron chi connectivity index (χ0n) is 17.5. The van der Waals surface area contributed by atoms with Gasteiger partial charge in [0.1, 0.15) is 11.9 Å². The number of aromatic nitrogens is 1. The summed E-state index contributed by atoms with van der Waals surface area (Å²) in [6.45, 7) is 5.29. The Labute approximate surface area is 172 Å². The van der Waals surface area contributed by atoms with E-state index in [1.54, 1.807) is 6.20 Å². The lowest BCUT2D eigenvalue weighted by Gasteiger charge is -2.16. The van der Waals surface area contributed by atoms with Crippen LogP contribution in [0.1, 0.15) is 47.9 Å². The van der Waals surface area contributed by atoms with Crippen LogP contribution in [0.25, 0.3) is 0 Å². The van der Waals surface area contributed by atoms with Crippen molar-refractivity contribution < 1.29 is 19.0 Å². The van der Waals surface area contributed by atoms with Crippen LogP contribution in [0.15, 0.2) is 30.5 Å². The van der Waals surface area contributed by atoms with Crippen molar-refractivity contribution in [3.63, 3.8) is 0 Å². The standard InChI is InChI=1S/C23H30N2O4/c1-16-11-18(12-17(2)22(16)28-15-21(26)27-3)13-24-14-19-7-6-10-25-23(19)29-20-8-4-5-9-20/h6-7,10-12,20,24H,4-5,8-9,13-15H2,1-3H3. The van der Waals surface area contributed by atoms with Crippen LogP contribution in [0.2, 0.25) is 0 Å². The van der Waals surface area contributed by atoms with Crippen LogP contribution in [0.4, 0.5) is 0 Å². The summed E-state index contributed by atoms with van der Waals surface area (Å²) in [6.07, 6.45) is 6.80. The Morgan fingerprint density at radius 3 is 2.59 bits per heavy atom. The SMILES string of the molecule is COC(=O)COc1c(C)cc(CNCc2cccnc2OC2CCCC2)cc1C. The van der Waals surface area contributed by atoms with Gasteiger partial charge in [0.25, 0.3) is 0 Å². The van der Waals surface area contributed by atoms with Gasteiger partial charge in [-0.05, 0) is 62.3 Å². The zero-order valence-corrected chi connectivity index (χ0v) is 17.5. The number of aryl methyl sites for hydroxylation is 2. The lowest BCUT2D eigenvalue weighted by Crippen LogP contribution is -2.17. The minimum atomic E-state index is -0.387. The molecule has 0 radical (unpaired) electrons. The molecule has 0 unspecified atom stereocenters. The molecule has 0 bridgehead atoms. The molecule has 1 saturated carbocycles. The summed E-state index contributed by atoms with van der Waals surface area (Å²) in [5.74, 6) is 1.09. The maximum atomic E-state index is 11.3. The molecule has 1 fully saturated rings. The highest BCUT2D eigenvalue weighted by Gasteiger charge is 2.18. The van der Waals surface area contributed by atoms with Crippen LogP contribution in [-0.4, -0.2) is 30.8 Å².